The Kier molecular flexibility index (Phi) is 7.73. The van der Waals surface area contributed by atoms with Crippen molar-refractivity contribution >= 4 is 46.2 Å². The number of piperidine rings is 1. The molecule has 2 aromatic heterocycles. The third kappa shape index (κ3) is 6.02. The highest BCUT2D eigenvalue weighted by atomic mass is 35.5. The van der Waals surface area contributed by atoms with E-state index in [4.69, 9.17) is 37.8 Å². The molecule has 1 unspecified atom stereocenters. The second kappa shape index (κ2) is 11.0. The molecule has 0 spiro atoms. The van der Waals surface area contributed by atoms with Crippen LogP contribution < -0.4 is 4.74 Å². The van der Waals surface area contributed by atoms with E-state index in [1.54, 1.807) is 23.1 Å². The molecule has 3 aromatic rings. The minimum Gasteiger partial charge on any atom is -0.453 e. The zero-order valence-electron chi connectivity index (χ0n) is 19.6. The summed E-state index contributed by atoms with van der Waals surface area (Å²) in [6.07, 6.45) is -2.10. The lowest BCUT2D eigenvalue weighted by molar-refractivity contribution is -0.141. The molecule has 1 aromatic carbocycles. The first kappa shape index (κ1) is 26.6. The van der Waals surface area contributed by atoms with Gasteiger partial charge in [-0.1, -0.05) is 28.4 Å². The number of likely N-dealkylation sites (tertiary alicyclic amines) is 1. The van der Waals surface area contributed by atoms with E-state index in [0.717, 1.165) is 34.2 Å². The maximum Gasteiger partial charge on any atom is 0.433 e. The molecule has 8 nitrogen and oxygen atoms in total. The van der Waals surface area contributed by atoms with Crippen molar-refractivity contribution in [1.29, 1.82) is 0 Å². The molecule has 200 valence electrons. The van der Waals surface area contributed by atoms with Crippen LogP contribution in [0, 0.1) is 0 Å². The summed E-state index contributed by atoms with van der Waals surface area (Å²) in [4.78, 5) is 31.5. The van der Waals surface area contributed by atoms with Crippen molar-refractivity contribution < 1.29 is 27.5 Å². The van der Waals surface area contributed by atoms with E-state index in [2.05, 4.69) is 15.1 Å². The van der Waals surface area contributed by atoms with Gasteiger partial charge >= 0.3 is 12.2 Å². The van der Waals surface area contributed by atoms with Crippen LogP contribution in [0.2, 0.25) is 10.0 Å². The fourth-order valence-electron chi connectivity index (χ4n) is 4.23. The van der Waals surface area contributed by atoms with E-state index in [9.17, 15) is 18.0 Å². The average molecular weight is 586 g/mol. The molecule has 2 aliphatic heterocycles. The Labute approximate surface area is 229 Å². The fraction of sp³-hybridized carbons (Fsp3) is 0.375. The highest BCUT2D eigenvalue weighted by molar-refractivity contribution is 7.10. The molecule has 0 saturated carbocycles. The first-order valence-electron chi connectivity index (χ1n) is 11.6. The smallest absolute Gasteiger partial charge is 0.433 e. The van der Waals surface area contributed by atoms with Crippen molar-refractivity contribution in [2.45, 2.75) is 37.5 Å². The van der Waals surface area contributed by atoms with Gasteiger partial charge in [-0.3, -0.25) is 4.79 Å². The number of thiazole rings is 1. The fourth-order valence-corrected chi connectivity index (χ4v) is 5.65. The number of halogens is 5. The Morgan fingerprint density at radius 1 is 1.18 bits per heavy atom. The Hall–Kier alpha value is -2.96. The highest BCUT2D eigenvalue weighted by Crippen LogP contribution is 2.37. The lowest BCUT2D eigenvalue weighted by atomic mass is 9.97. The van der Waals surface area contributed by atoms with E-state index in [1.165, 1.54) is 11.3 Å². The molecule has 1 amide bonds. The summed E-state index contributed by atoms with van der Waals surface area (Å²) in [5.74, 6) is -0.168. The number of alkyl halides is 3. The number of ether oxygens (including phenoxy) is 1. The first-order chi connectivity index (χ1) is 18.2. The number of carbonyl (C=O) groups excluding carboxylic acids is 1. The predicted octanol–water partition coefficient (Wildman–Crippen LogP) is 5.91. The molecular formula is C24H20Cl2F3N5O3S. The van der Waals surface area contributed by atoms with Crippen LogP contribution in [0.15, 0.2) is 41.0 Å². The van der Waals surface area contributed by atoms with Gasteiger partial charge in [-0.15, -0.1) is 11.3 Å². The third-order valence-corrected chi connectivity index (χ3v) is 7.82. The Bertz CT molecular complexity index is 1360. The number of carbonyl (C=O) groups is 1. The van der Waals surface area contributed by atoms with E-state index in [-0.39, 0.29) is 17.9 Å². The van der Waals surface area contributed by atoms with Crippen LogP contribution in [0.3, 0.4) is 0 Å². The largest absolute Gasteiger partial charge is 0.453 e. The summed E-state index contributed by atoms with van der Waals surface area (Å²) in [6.45, 7) is 0.514. The zero-order chi connectivity index (χ0) is 26.9. The predicted molar refractivity (Wildman–Crippen MR) is 135 cm³/mol. The number of amides is 1. The number of benzene rings is 1. The van der Waals surface area contributed by atoms with Crippen LogP contribution >= 0.6 is 34.5 Å². The van der Waals surface area contributed by atoms with Gasteiger partial charge in [0, 0.05) is 52.6 Å². The molecule has 38 heavy (non-hydrogen) atoms. The van der Waals surface area contributed by atoms with Gasteiger partial charge in [-0.05, 0) is 37.1 Å². The van der Waals surface area contributed by atoms with Crippen LogP contribution in [0.4, 0.5) is 13.2 Å². The van der Waals surface area contributed by atoms with Gasteiger partial charge in [0.15, 0.2) is 18.4 Å². The quantitative estimate of drug-likeness (QED) is 0.357. The van der Waals surface area contributed by atoms with Crippen molar-refractivity contribution in [3.05, 3.63) is 67.8 Å². The number of aromatic nitrogens is 3. The average Bonchev–Trinajstić information content (AvgIpc) is 3.59. The summed E-state index contributed by atoms with van der Waals surface area (Å²) >= 11 is 13.9. The highest BCUT2D eigenvalue weighted by Gasteiger charge is 2.33. The molecule has 1 fully saturated rings. The van der Waals surface area contributed by atoms with Gasteiger partial charge in [-0.2, -0.15) is 18.2 Å². The molecule has 0 N–H and O–H groups in total. The minimum atomic E-state index is -4.62. The molecule has 4 heterocycles. The lowest BCUT2D eigenvalue weighted by Gasteiger charge is -2.31. The van der Waals surface area contributed by atoms with Gasteiger partial charge < -0.3 is 14.5 Å². The lowest BCUT2D eigenvalue weighted by Crippen LogP contribution is -2.40. The minimum absolute atomic E-state index is 0.173. The van der Waals surface area contributed by atoms with E-state index in [0.29, 0.717) is 42.4 Å². The Morgan fingerprint density at radius 3 is 2.74 bits per heavy atom. The standard InChI is InChI=1S/C24H20Cl2F3N5O3S/c25-14-1-2-16(26)15(9-14)19-10-17(33-37-19)18-12-38-22(31-18)13-4-7-34(8-5-13)21(35)11-36-23-30-6-3-20(32-23)24(27,28)29/h1-3,6,9,12-13,19H,4-5,7-8,10-11H2. The van der Waals surface area contributed by atoms with Crippen LogP contribution in [0.1, 0.15) is 53.2 Å². The molecule has 0 bridgehead atoms. The van der Waals surface area contributed by atoms with Crippen LogP contribution in [0.5, 0.6) is 6.01 Å². The normalized spacial score (nSPS) is 18.3. The van der Waals surface area contributed by atoms with Crippen LogP contribution in [0.25, 0.3) is 0 Å². The van der Waals surface area contributed by atoms with Gasteiger partial charge in [0.1, 0.15) is 5.71 Å². The molecule has 1 saturated heterocycles. The summed E-state index contributed by atoms with van der Waals surface area (Å²) in [6, 6.07) is 5.46. The van der Waals surface area contributed by atoms with Crippen molar-refractivity contribution in [2.24, 2.45) is 5.16 Å². The molecule has 2 aliphatic rings. The van der Waals surface area contributed by atoms with E-state index >= 15 is 0 Å². The number of hydrogen-bond acceptors (Lipinski definition) is 8. The van der Waals surface area contributed by atoms with Gasteiger partial charge in [0.05, 0.1) is 10.7 Å². The molecule has 1 atom stereocenters. The molecule has 14 heteroatoms. The van der Waals surface area contributed by atoms with Crippen LogP contribution in [-0.4, -0.2) is 51.2 Å². The van der Waals surface area contributed by atoms with Crippen molar-refractivity contribution in [2.75, 3.05) is 19.7 Å². The Balaban J connectivity index is 1.12. The first-order valence-corrected chi connectivity index (χ1v) is 13.2. The molecule has 0 aliphatic carbocycles. The molecular weight excluding hydrogens is 566 g/mol. The number of oxime groups is 1. The monoisotopic (exact) mass is 585 g/mol. The summed E-state index contributed by atoms with van der Waals surface area (Å²) in [5, 5.41) is 8.23. The number of nitrogens with zero attached hydrogens (tertiary/aromatic N) is 5. The van der Waals surface area contributed by atoms with Gasteiger partial charge in [0.25, 0.3) is 5.91 Å². The second-order valence-corrected chi connectivity index (χ2v) is 10.5. The Morgan fingerprint density at radius 2 is 1.97 bits per heavy atom. The van der Waals surface area contributed by atoms with Crippen molar-refractivity contribution in [3.63, 3.8) is 0 Å². The maximum atomic E-state index is 12.8. The molecule has 0 radical (unpaired) electrons. The zero-order valence-corrected chi connectivity index (χ0v) is 21.9. The van der Waals surface area contributed by atoms with Crippen molar-refractivity contribution in [1.82, 2.24) is 19.9 Å². The second-order valence-electron chi connectivity index (χ2n) is 8.74. The summed E-state index contributed by atoms with van der Waals surface area (Å²) in [5.41, 5.74) is 1.13. The summed E-state index contributed by atoms with van der Waals surface area (Å²) < 4.78 is 43.5. The third-order valence-electron chi connectivity index (χ3n) is 6.24. The van der Waals surface area contributed by atoms with E-state index in [1.807, 2.05) is 5.38 Å². The van der Waals surface area contributed by atoms with Gasteiger partial charge in [0.2, 0.25) is 0 Å². The van der Waals surface area contributed by atoms with Crippen LogP contribution in [-0.2, 0) is 15.8 Å². The number of rotatable bonds is 6. The van der Waals surface area contributed by atoms with Gasteiger partial charge in [-0.25, -0.2) is 9.97 Å². The topological polar surface area (TPSA) is 89.8 Å². The molecule has 5 rings (SSSR count). The number of hydrogen-bond donors (Lipinski definition) is 0. The van der Waals surface area contributed by atoms with Crippen molar-refractivity contribution in [3.8, 4) is 6.01 Å². The summed E-state index contributed by atoms with van der Waals surface area (Å²) in [7, 11) is 0. The SMILES string of the molecule is O=C(COc1nccc(C(F)(F)F)n1)N1CCC(c2nc(C3=NOC(c4cc(Cl)ccc4Cl)C3)cs2)CC1. The van der Waals surface area contributed by atoms with E-state index < -0.39 is 24.5 Å². The maximum absolute atomic E-state index is 12.8.